The Kier molecular flexibility index (Phi) is 5.25. The van der Waals surface area contributed by atoms with Crippen molar-refractivity contribution in [1.29, 1.82) is 0 Å². The Morgan fingerprint density at radius 1 is 1.47 bits per heavy atom. The second-order valence-electron chi connectivity index (χ2n) is 4.42. The molecular formula is C11H18N4O3S. The lowest BCUT2D eigenvalue weighted by Crippen LogP contribution is -2.38. The minimum Gasteiger partial charge on any atom is -0.396 e. The largest absolute Gasteiger partial charge is 0.396 e. The maximum atomic E-state index is 11.9. The molecule has 8 heteroatoms. The molecule has 0 aliphatic carbocycles. The monoisotopic (exact) mass is 286 g/mol. The van der Waals surface area contributed by atoms with Gasteiger partial charge in [-0.1, -0.05) is 13.8 Å². The number of hydrogen-bond acceptors (Lipinski definition) is 5. The lowest BCUT2D eigenvalue weighted by Gasteiger charge is -2.09. The van der Waals surface area contributed by atoms with E-state index in [0.717, 1.165) is 0 Å². The summed E-state index contributed by atoms with van der Waals surface area (Å²) in [7, 11) is -3.87. The molecule has 0 saturated carbocycles. The van der Waals surface area contributed by atoms with Crippen LogP contribution in [0.15, 0.2) is 23.4 Å². The van der Waals surface area contributed by atoms with Crippen LogP contribution in [-0.2, 0) is 14.8 Å². The normalized spacial score (nSPS) is 11.5. The lowest BCUT2D eigenvalue weighted by molar-refractivity contribution is -0.120. The molecule has 106 valence electrons. The quantitative estimate of drug-likeness (QED) is 0.665. The van der Waals surface area contributed by atoms with Gasteiger partial charge in [-0.2, -0.15) is 0 Å². The molecule has 1 aromatic rings. The minimum absolute atomic E-state index is 0.0394. The second-order valence-corrected chi connectivity index (χ2v) is 6.10. The number of nitrogens with zero attached hydrogens (tertiary/aromatic N) is 1. The molecule has 4 N–H and O–H groups in total. The van der Waals surface area contributed by atoms with Gasteiger partial charge in [-0.15, -0.1) is 0 Å². The Bertz CT molecular complexity index is 543. The first-order chi connectivity index (χ1) is 8.83. The summed E-state index contributed by atoms with van der Waals surface area (Å²) in [6.45, 7) is 4.04. The number of anilines is 1. The Labute approximate surface area is 112 Å². The fourth-order valence-electron chi connectivity index (χ4n) is 1.24. The van der Waals surface area contributed by atoms with Gasteiger partial charge in [0.05, 0.1) is 12.2 Å². The van der Waals surface area contributed by atoms with E-state index in [1.54, 1.807) is 0 Å². The van der Waals surface area contributed by atoms with E-state index in [4.69, 9.17) is 5.73 Å². The second kappa shape index (κ2) is 6.48. The van der Waals surface area contributed by atoms with E-state index in [-0.39, 0.29) is 17.3 Å². The molecule has 0 radical (unpaired) electrons. The van der Waals surface area contributed by atoms with Crippen molar-refractivity contribution >= 4 is 21.6 Å². The minimum atomic E-state index is -3.87. The Hall–Kier alpha value is -1.67. The van der Waals surface area contributed by atoms with Crippen molar-refractivity contribution in [2.75, 3.05) is 18.8 Å². The Morgan fingerprint density at radius 3 is 2.74 bits per heavy atom. The standard InChI is InChI=1S/C11H18N4O3S/c1-8(2)6-14-10(16)7-15-19(17,18)11-9(12)4-3-5-13-11/h3-5,8,15H,6-7,12H2,1-2H3,(H,14,16). The molecule has 0 atom stereocenters. The molecule has 1 aromatic heterocycles. The van der Waals surface area contributed by atoms with Crippen LogP contribution in [0.3, 0.4) is 0 Å². The van der Waals surface area contributed by atoms with Crippen LogP contribution in [0.4, 0.5) is 5.69 Å². The molecule has 1 rings (SSSR count). The molecule has 0 bridgehead atoms. The summed E-state index contributed by atoms with van der Waals surface area (Å²) in [5, 5.41) is 2.33. The van der Waals surface area contributed by atoms with Gasteiger partial charge in [0.25, 0.3) is 10.0 Å². The SMILES string of the molecule is CC(C)CNC(=O)CNS(=O)(=O)c1ncccc1N. The topological polar surface area (TPSA) is 114 Å². The van der Waals surface area contributed by atoms with E-state index >= 15 is 0 Å². The van der Waals surface area contributed by atoms with Crippen molar-refractivity contribution in [3.63, 3.8) is 0 Å². The van der Waals surface area contributed by atoms with E-state index in [1.165, 1.54) is 18.3 Å². The molecule has 19 heavy (non-hydrogen) atoms. The zero-order valence-electron chi connectivity index (χ0n) is 10.9. The Morgan fingerprint density at radius 2 is 2.16 bits per heavy atom. The van der Waals surface area contributed by atoms with Gasteiger partial charge in [-0.25, -0.2) is 18.1 Å². The van der Waals surface area contributed by atoms with Crippen LogP contribution in [0, 0.1) is 5.92 Å². The van der Waals surface area contributed by atoms with Gasteiger partial charge in [0.15, 0.2) is 5.03 Å². The van der Waals surface area contributed by atoms with Gasteiger partial charge >= 0.3 is 0 Å². The summed E-state index contributed by atoms with van der Waals surface area (Å²) in [6, 6.07) is 2.96. The van der Waals surface area contributed by atoms with Gasteiger partial charge in [-0.3, -0.25) is 4.79 Å². The number of carbonyl (C=O) groups excluding carboxylic acids is 1. The molecule has 0 saturated heterocycles. The number of pyridine rings is 1. The number of nitrogens with one attached hydrogen (secondary N) is 2. The third-order valence-corrected chi connectivity index (χ3v) is 3.56. The predicted molar refractivity (Wildman–Crippen MR) is 71.7 cm³/mol. The highest BCUT2D eigenvalue weighted by Crippen LogP contribution is 2.12. The number of amides is 1. The van der Waals surface area contributed by atoms with E-state index in [0.29, 0.717) is 12.5 Å². The van der Waals surface area contributed by atoms with Crippen LogP contribution in [-0.4, -0.2) is 32.4 Å². The zero-order valence-corrected chi connectivity index (χ0v) is 11.7. The maximum Gasteiger partial charge on any atom is 0.260 e. The highest BCUT2D eigenvalue weighted by Gasteiger charge is 2.19. The summed E-state index contributed by atoms with van der Waals surface area (Å²) < 4.78 is 25.9. The molecule has 0 fully saturated rings. The summed E-state index contributed by atoms with van der Waals surface area (Å²) in [5.74, 6) is -0.0984. The average molecular weight is 286 g/mol. The zero-order chi connectivity index (χ0) is 14.5. The number of nitrogens with two attached hydrogens (primary N) is 1. The Balaban J connectivity index is 2.62. The van der Waals surface area contributed by atoms with Crippen LogP contribution >= 0.6 is 0 Å². The van der Waals surface area contributed by atoms with Gasteiger partial charge in [0, 0.05) is 12.7 Å². The first-order valence-electron chi connectivity index (χ1n) is 5.80. The summed E-state index contributed by atoms with van der Waals surface area (Å²) in [4.78, 5) is 15.1. The molecular weight excluding hydrogens is 268 g/mol. The molecule has 0 aliphatic rings. The number of rotatable bonds is 6. The molecule has 1 heterocycles. The summed E-state index contributed by atoms with van der Waals surface area (Å²) in [6.07, 6.45) is 1.32. The summed E-state index contributed by atoms with van der Waals surface area (Å²) >= 11 is 0. The molecule has 1 amide bonds. The van der Waals surface area contributed by atoms with E-state index in [2.05, 4.69) is 15.0 Å². The van der Waals surface area contributed by atoms with Gasteiger partial charge in [-0.05, 0) is 18.1 Å². The number of nitrogen functional groups attached to an aromatic ring is 1. The molecule has 0 aromatic carbocycles. The van der Waals surface area contributed by atoms with Crippen molar-refractivity contribution in [3.05, 3.63) is 18.3 Å². The van der Waals surface area contributed by atoms with Crippen LogP contribution in [0.1, 0.15) is 13.8 Å². The first kappa shape index (κ1) is 15.4. The lowest BCUT2D eigenvalue weighted by atomic mass is 10.2. The number of sulfonamides is 1. The third-order valence-electron chi connectivity index (χ3n) is 2.19. The van der Waals surface area contributed by atoms with Crippen LogP contribution in [0.25, 0.3) is 0 Å². The van der Waals surface area contributed by atoms with Crippen LogP contribution in [0.5, 0.6) is 0 Å². The highest BCUT2D eigenvalue weighted by molar-refractivity contribution is 7.89. The van der Waals surface area contributed by atoms with Crippen molar-refractivity contribution in [2.24, 2.45) is 5.92 Å². The maximum absolute atomic E-state index is 11.9. The smallest absolute Gasteiger partial charge is 0.260 e. The third kappa shape index (κ3) is 4.84. The average Bonchev–Trinajstić information content (AvgIpc) is 2.34. The highest BCUT2D eigenvalue weighted by atomic mass is 32.2. The fraction of sp³-hybridized carbons (Fsp3) is 0.455. The number of aromatic nitrogens is 1. The summed E-state index contributed by atoms with van der Waals surface area (Å²) in [5.41, 5.74) is 5.57. The van der Waals surface area contributed by atoms with E-state index < -0.39 is 15.9 Å². The number of carbonyl (C=O) groups is 1. The van der Waals surface area contributed by atoms with Crippen molar-refractivity contribution < 1.29 is 13.2 Å². The fourth-order valence-corrected chi connectivity index (χ4v) is 2.27. The predicted octanol–water partition coefficient (Wildman–Crippen LogP) is -0.286. The van der Waals surface area contributed by atoms with E-state index in [9.17, 15) is 13.2 Å². The van der Waals surface area contributed by atoms with Crippen LogP contribution in [0.2, 0.25) is 0 Å². The van der Waals surface area contributed by atoms with Crippen molar-refractivity contribution in [3.8, 4) is 0 Å². The van der Waals surface area contributed by atoms with Gasteiger partial charge in [0.1, 0.15) is 0 Å². The van der Waals surface area contributed by atoms with E-state index in [1.807, 2.05) is 13.8 Å². The molecule has 0 spiro atoms. The van der Waals surface area contributed by atoms with Gasteiger partial charge in [0.2, 0.25) is 5.91 Å². The first-order valence-corrected chi connectivity index (χ1v) is 7.28. The van der Waals surface area contributed by atoms with Crippen molar-refractivity contribution in [1.82, 2.24) is 15.0 Å². The van der Waals surface area contributed by atoms with Gasteiger partial charge < -0.3 is 11.1 Å². The molecule has 0 aliphatic heterocycles. The van der Waals surface area contributed by atoms with Crippen molar-refractivity contribution in [2.45, 2.75) is 18.9 Å². The van der Waals surface area contributed by atoms with Crippen LogP contribution < -0.4 is 15.8 Å². The molecule has 0 unspecified atom stereocenters. The number of hydrogen-bond donors (Lipinski definition) is 3. The molecule has 7 nitrogen and oxygen atoms in total.